The summed E-state index contributed by atoms with van der Waals surface area (Å²) in [4.78, 5) is 22.6. The van der Waals surface area contributed by atoms with Crippen LogP contribution in [0.25, 0.3) is 0 Å². The Bertz CT molecular complexity index is 362. The van der Waals surface area contributed by atoms with Gasteiger partial charge in [-0.15, -0.1) is 0 Å². The zero-order valence-electron chi connectivity index (χ0n) is 10.1. The van der Waals surface area contributed by atoms with E-state index in [1.807, 2.05) is 6.08 Å². The number of carbonyl (C=O) groups is 2. The molecule has 2 aliphatic rings. The van der Waals surface area contributed by atoms with Crippen LogP contribution >= 0.6 is 0 Å². The topological polar surface area (TPSA) is 61.8 Å². The Kier molecular flexibility index (Phi) is 3.19. The van der Waals surface area contributed by atoms with Crippen LogP contribution in [0.4, 0.5) is 0 Å². The van der Waals surface area contributed by atoms with Gasteiger partial charge in [0.2, 0.25) is 0 Å². The predicted octanol–water partition coefficient (Wildman–Crippen LogP) is 0.538. The molecule has 2 aliphatic carbocycles. The molecule has 0 bridgehead atoms. The van der Waals surface area contributed by atoms with E-state index in [0.717, 1.165) is 0 Å². The molecule has 17 heavy (non-hydrogen) atoms. The lowest BCUT2D eigenvalue weighted by atomic mass is 10.0. The molecule has 1 saturated carbocycles. The average Bonchev–Trinajstić information content (AvgIpc) is 3.03. The van der Waals surface area contributed by atoms with Gasteiger partial charge in [-0.25, -0.2) is 0 Å². The minimum Gasteiger partial charge on any atom is -0.469 e. The molecule has 5 heteroatoms. The van der Waals surface area contributed by atoms with Crippen LogP contribution in [0.3, 0.4) is 0 Å². The first-order valence-electron chi connectivity index (χ1n) is 5.56. The van der Waals surface area contributed by atoms with Gasteiger partial charge in [0.05, 0.1) is 19.1 Å². The van der Waals surface area contributed by atoms with Crippen molar-refractivity contribution in [2.45, 2.75) is 19.1 Å². The van der Waals surface area contributed by atoms with E-state index < -0.39 is 0 Å². The fourth-order valence-corrected chi connectivity index (χ4v) is 2.68. The lowest BCUT2D eigenvalue weighted by molar-refractivity contribution is -0.148. The Balaban J connectivity index is 2.13. The van der Waals surface area contributed by atoms with Crippen molar-refractivity contribution < 1.29 is 23.8 Å². The van der Waals surface area contributed by atoms with Gasteiger partial charge >= 0.3 is 11.9 Å². The van der Waals surface area contributed by atoms with Crippen LogP contribution < -0.4 is 0 Å². The molecule has 0 aromatic carbocycles. The second kappa shape index (κ2) is 4.49. The maximum Gasteiger partial charge on any atom is 0.309 e. The van der Waals surface area contributed by atoms with Crippen molar-refractivity contribution >= 4 is 11.9 Å². The predicted molar refractivity (Wildman–Crippen MR) is 58.0 cm³/mol. The van der Waals surface area contributed by atoms with Gasteiger partial charge in [0, 0.05) is 25.9 Å². The maximum absolute atomic E-state index is 11.6. The molecule has 2 rings (SSSR count). The Labute approximate surface area is 99.7 Å². The Morgan fingerprint density at radius 3 is 2.18 bits per heavy atom. The summed E-state index contributed by atoms with van der Waals surface area (Å²) in [6, 6.07) is 0. The van der Waals surface area contributed by atoms with E-state index in [1.165, 1.54) is 14.0 Å². The van der Waals surface area contributed by atoms with E-state index in [9.17, 15) is 9.59 Å². The van der Waals surface area contributed by atoms with Crippen molar-refractivity contribution in [3.05, 3.63) is 12.2 Å². The van der Waals surface area contributed by atoms with Crippen LogP contribution in [0.1, 0.15) is 6.92 Å². The summed E-state index contributed by atoms with van der Waals surface area (Å²) in [5.74, 6) is -0.792. The SMILES string of the molecule is COC(=O)[C@@H]1[C@@H]2[C@H]1[C@@H](OC)C=C[C@H]2OC(C)=O. The van der Waals surface area contributed by atoms with E-state index in [2.05, 4.69) is 0 Å². The Morgan fingerprint density at radius 2 is 1.65 bits per heavy atom. The van der Waals surface area contributed by atoms with Crippen molar-refractivity contribution in [3.63, 3.8) is 0 Å². The van der Waals surface area contributed by atoms with Gasteiger partial charge < -0.3 is 14.2 Å². The van der Waals surface area contributed by atoms with Crippen molar-refractivity contribution in [1.82, 2.24) is 0 Å². The van der Waals surface area contributed by atoms with Crippen LogP contribution in [0.2, 0.25) is 0 Å². The summed E-state index contributed by atoms with van der Waals surface area (Å²) in [5.41, 5.74) is 0. The number of carbonyl (C=O) groups excluding carboxylic acids is 2. The van der Waals surface area contributed by atoms with Crippen LogP contribution in [-0.2, 0) is 23.8 Å². The number of fused-ring (bicyclic) bond motifs is 1. The number of methoxy groups -OCH3 is 2. The summed E-state index contributed by atoms with van der Waals surface area (Å²) in [6.07, 6.45) is 3.20. The standard InChI is InChI=1S/C12H16O5/c1-6(13)17-8-5-4-7(15-2)9-10(8)11(9)12(14)16-3/h4-5,7-11H,1-3H3/t7-,8+,9+,10-,11-/m0/s1. The van der Waals surface area contributed by atoms with E-state index in [4.69, 9.17) is 14.2 Å². The molecule has 0 aromatic heterocycles. The maximum atomic E-state index is 11.6. The monoisotopic (exact) mass is 240 g/mol. The quantitative estimate of drug-likeness (QED) is 0.532. The lowest BCUT2D eigenvalue weighted by Gasteiger charge is -2.20. The summed E-state index contributed by atoms with van der Waals surface area (Å²) in [6.45, 7) is 1.36. The highest BCUT2D eigenvalue weighted by atomic mass is 16.5. The minimum absolute atomic E-state index is 0.0127. The van der Waals surface area contributed by atoms with Crippen LogP contribution in [0.5, 0.6) is 0 Å². The normalized spacial score (nSPS) is 38.2. The molecular formula is C12H16O5. The first kappa shape index (κ1) is 12.1. The van der Waals surface area contributed by atoms with E-state index in [-0.39, 0.29) is 41.9 Å². The summed E-state index contributed by atoms with van der Waals surface area (Å²) < 4.78 is 15.2. The van der Waals surface area contributed by atoms with Gasteiger partial charge in [0.25, 0.3) is 0 Å². The molecule has 0 amide bonds. The molecule has 5 atom stereocenters. The smallest absolute Gasteiger partial charge is 0.309 e. The average molecular weight is 240 g/mol. The molecule has 5 nitrogen and oxygen atoms in total. The zero-order valence-corrected chi connectivity index (χ0v) is 10.1. The van der Waals surface area contributed by atoms with Crippen molar-refractivity contribution in [2.24, 2.45) is 17.8 Å². The highest BCUT2D eigenvalue weighted by Crippen LogP contribution is 2.55. The van der Waals surface area contributed by atoms with Gasteiger partial charge in [0.1, 0.15) is 6.10 Å². The molecule has 1 fully saturated rings. The number of hydrogen-bond acceptors (Lipinski definition) is 5. The summed E-state index contributed by atoms with van der Waals surface area (Å²) in [5, 5.41) is 0. The molecule has 0 heterocycles. The number of hydrogen-bond donors (Lipinski definition) is 0. The third-order valence-electron chi connectivity index (χ3n) is 3.43. The fraction of sp³-hybridized carbons (Fsp3) is 0.667. The molecule has 0 N–H and O–H groups in total. The summed E-state index contributed by atoms with van der Waals surface area (Å²) in [7, 11) is 2.97. The highest BCUT2D eigenvalue weighted by Gasteiger charge is 2.64. The molecule has 0 aromatic rings. The molecule has 0 saturated heterocycles. The molecule has 0 radical (unpaired) electrons. The van der Waals surface area contributed by atoms with Crippen molar-refractivity contribution in [1.29, 1.82) is 0 Å². The van der Waals surface area contributed by atoms with Gasteiger partial charge in [-0.05, 0) is 6.08 Å². The van der Waals surface area contributed by atoms with Gasteiger partial charge in [-0.3, -0.25) is 9.59 Å². The molecule has 94 valence electrons. The fourth-order valence-electron chi connectivity index (χ4n) is 2.68. The highest BCUT2D eigenvalue weighted by molar-refractivity contribution is 5.77. The van der Waals surface area contributed by atoms with Crippen LogP contribution in [-0.4, -0.2) is 38.4 Å². The molecule has 0 aliphatic heterocycles. The number of rotatable bonds is 3. The Morgan fingerprint density at radius 1 is 1.06 bits per heavy atom. The Hall–Kier alpha value is -1.36. The first-order valence-corrected chi connectivity index (χ1v) is 5.56. The molecule has 0 unspecified atom stereocenters. The molecular weight excluding hydrogens is 224 g/mol. The first-order chi connectivity index (χ1) is 8.10. The summed E-state index contributed by atoms with van der Waals surface area (Å²) >= 11 is 0. The number of esters is 2. The van der Waals surface area contributed by atoms with Crippen LogP contribution in [0.15, 0.2) is 12.2 Å². The largest absolute Gasteiger partial charge is 0.469 e. The number of ether oxygens (including phenoxy) is 3. The van der Waals surface area contributed by atoms with Gasteiger partial charge in [-0.2, -0.15) is 0 Å². The van der Waals surface area contributed by atoms with Crippen molar-refractivity contribution in [3.8, 4) is 0 Å². The third-order valence-corrected chi connectivity index (χ3v) is 3.43. The van der Waals surface area contributed by atoms with Crippen molar-refractivity contribution in [2.75, 3.05) is 14.2 Å². The van der Waals surface area contributed by atoms with E-state index in [0.29, 0.717) is 0 Å². The van der Waals surface area contributed by atoms with Gasteiger partial charge in [-0.1, -0.05) is 6.08 Å². The second-order valence-corrected chi connectivity index (χ2v) is 4.36. The van der Waals surface area contributed by atoms with E-state index in [1.54, 1.807) is 13.2 Å². The molecule has 0 spiro atoms. The third kappa shape index (κ3) is 2.07. The van der Waals surface area contributed by atoms with Gasteiger partial charge in [0.15, 0.2) is 0 Å². The zero-order chi connectivity index (χ0) is 12.6. The van der Waals surface area contributed by atoms with E-state index >= 15 is 0 Å². The van der Waals surface area contributed by atoms with Crippen LogP contribution in [0, 0.1) is 17.8 Å². The minimum atomic E-state index is -0.343. The second-order valence-electron chi connectivity index (χ2n) is 4.36. The lowest BCUT2D eigenvalue weighted by Crippen LogP contribution is -2.25.